The van der Waals surface area contributed by atoms with Crippen LogP contribution in [0.2, 0.25) is 0 Å². The molecule has 0 bridgehead atoms. The third-order valence-electron chi connectivity index (χ3n) is 5.62. The number of nitrogens with zero attached hydrogens (tertiary/aromatic N) is 2. The van der Waals surface area contributed by atoms with Crippen molar-refractivity contribution in [1.29, 1.82) is 0 Å². The maximum atomic E-state index is 12.7. The Hall–Kier alpha value is -3.15. The van der Waals surface area contributed by atoms with Crippen LogP contribution in [0.15, 0.2) is 54.6 Å². The minimum Gasteiger partial charge on any atom is -0.355 e. The zero-order chi connectivity index (χ0) is 20.4. The topological polar surface area (TPSA) is 76.0 Å². The number of aryl methyl sites for hydroxylation is 1. The number of nitrogens with one attached hydrogen (secondary N) is 2. The van der Waals surface area contributed by atoms with Gasteiger partial charge in [0.2, 0.25) is 11.8 Å². The van der Waals surface area contributed by atoms with Crippen molar-refractivity contribution in [2.45, 2.75) is 25.8 Å². The Kier molecular flexibility index (Phi) is 5.34. The van der Waals surface area contributed by atoms with Crippen LogP contribution in [0.4, 0.5) is 0 Å². The molecule has 2 N–H and O–H groups in total. The van der Waals surface area contributed by atoms with Gasteiger partial charge in [-0.1, -0.05) is 49.4 Å². The van der Waals surface area contributed by atoms with Crippen molar-refractivity contribution in [2.75, 3.05) is 6.54 Å². The molecule has 3 atom stereocenters. The number of rotatable bonds is 7. The fourth-order valence-electron chi connectivity index (χ4n) is 3.72. The summed E-state index contributed by atoms with van der Waals surface area (Å²) in [5.41, 5.74) is 2.88. The van der Waals surface area contributed by atoms with Crippen LogP contribution in [-0.4, -0.2) is 27.9 Å². The van der Waals surface area contributed by atoms with Crippen molar-refractivity contribution in [3.05, 3.63) is 66.0 Å². The van der Waals surface area contributed by atoms with Gasteiger partial charge >= 0.3 is 0 Å². The van der Waals surface area contributed by atoms with Crippen molar-refractivity contribution in [3.8, 4) is 0 Å². The first kappa shape index (κ1) is 19.2. The molecule has 3 aromatic rings. The summed E-state index contributed by atoms with van der Waals surface area (Å²) in [7, 11) is 1.96. The number of aromatic nitrogens is 2. The number of amides is 2. The van der Waals surface area contributed by atoms with Gasteiger partial charge in [0.15, 0.2) is 0 Å². The molecule has 2 amide bonds. The molecule has 0 saturated heterocycles. The van der Waals surface area contributed by atoms with Crippen molar-refractivity contribution in [3.63, 3.8) is 0 Å². The Labute approximate surface area is 170 Å². The Morgan fingerprint density at radius 2 is 1.83 bits per heavy atom. The van der Waals surface area contributed by atoms with E-state index in [2.05, 4.69) is 17.6 Å². The Bertz CT molecular complexity index is 1030. The van der Waals surface area contributed by atoms with E-state index >= 15 is 0 Å². The number of hydrogen-bond acceptors (Lipinski definition) is 3. The maximum Gasteiger partial charge on any atom is 0.223 e. The van der Waals surface area contributed by atoms with Crippen LogP contribution in [0.3, 0.4) is 0 Å². The number of imidazole rings is 1. The standard InChI is InChI=1S/C23H26N4O2/c1-15-14-17(15)23(29)24-13-12-20(28)26-21(16-8-4-3-5-9-16)22-25-18-10-6-7-11-19(18)27(22)2/h3-11,15,17,21H,12-14H2,1-2H3,(H,24,29)(H,26,28). The molecule has 1 aliphatic rings. The van der Waals surface area contributed by atoms with E-state index in [0.29, 0.717) is 12.5 Å². The van der Waals surface area contributed by atoms with Crippen molar-refractivity contribution in [1.82, 2.24) is 20.2 Å². The normalized spacial score (nSPS) is 19.0. The maximum absolute atomic E-state index is 12.7. The van der Waals surface area contributed by atoms with E-state index < -0.39 is 0 Å². The Balaban J connectivity index is 1.49. The third kappa shape index (κ3) is 4.16. The van der Waals surface area contributed by atoms with Crippen LogP contribution >= 0.6 is 0 Å². The average molecular weight is 390 g/mol. The van der Waals surface area contributed by atoms with Gasteiger partial charge in [0.05, 0.1) is 11.0 Å². The summed E-state index contributed by atoms with van der Waals surface area (Å²) in [6.45, 7) is 2.41. The minimum absolute atomic E-state index is 0.0558. The number of benzene rings is 2. The van der Waals surface area contributed by atoms with E-state index in [-0.39, 0.29) is 30.2 Å². The summed E-state index contributed by atoms with van der Waals surface area (Å²) in [4.78, 5) is 29.4. The first-order valence-electron chi connectivity index (χ1n) is 10.1. The third-order valence-corrected chi connectivity index (χ3v) is 5.62. The van der Waals surface area contributed by atoms with Gasteiger partial charge < -0.3 is 15.2 Å². The molecule has 1 aliphatic carbocycles. The average Bonchev–Trinajstić information content (AvgIpc) is 3.38. The van der Waals surface area contributed by atoms with Gasteiger partial charge in [-0.25, -0.2) is 4.98 Å². The lowest BCUT2D eigenvalue weighted by Crippen LogP contribution is -2.34. The van der Waals surface area contributed by atoms with Crippen LogP contribution in [-0.2, 0) is 16.6 Å². The quantitative estimate of drug-likeness (QED) is 0.651. The SMILES string of the molecule is CC1CC1C(=O)NCCC(=O)NC(c1ccccc1)c1nc2ccccc2n1C. The van der Waals surface area contributed by atoms with Gasteiger partial charge in [0.1, 0.15) is 11.9 Å². The van der Waals surface area contributed by atoms with E-state index in [1.807, 2.05) is 66.2 Å². The van der Waals surface area contributed by atoms with E-state index in [1.54, 1.807) is 0 Å². The second-order valence-electron chi connectivity index (χ2n) is 7.79. The van der Waals surface area contributed by atoms with E-state index in [4.69, 9.17) is 4.98 Å². The summed E-state index contributed by atoms with van der Waals surface area (Å²) in [5.74, 6) is 1.30. The fraction of sp³-hybridized carbons (Fsp3) is 0.348. The van der Waals surface area contributed by atoms with Crippen LogP contribution in [0.5, 0.6) is 0 Å². The highest BCUT2D eigenvalue weighted by atomic mass is 16.2. The molecule has 0 aliphatic heterocycles. The molecule has 2 aromatic carbocycles. The monoisotopic (exact) mass is 390 g/mol. The molecule has 1 heterocycles. The van der Waals surface area contributed by atoms with Gasteiger partial charge in [0, 0.05) is 25.9 Å². The number of carbonyl (C=O) groups excluding carboxylic acids is 2. The molecule has 1 fully saturated rings. The summed E-state index contributed by atoms with van der Waals surface area (Å²) >= 11 is 0. The summed E-state index contributed by atoms with van der Waals surface area (Å²) < 4.78 is 2.02. The van der Waals surface area contributed by atoms with Crippen LogP contribution < -0.4 is 10.6 Å². The van der Waals surface area contributed by atoms with E-state index in [9.17, 15) is 9.59 Å². The lowest BCUT2D eigenvalue weighted by Gasteiger charge is -2.19. The summed E-state index contributed by atoms with van der Waals surface area (Å²) in [5, 5.41) is 5.98. The molecule has 3 unspecified atom stereocenters. The highest BCUT2D eigenvalue weighted by molar-refractivity contribution is 5.83. The minimum atomic E-state index is -0.361. The van der Waals surface area contributed by atoms with Crippen molar-refractivity contribution < 1.29 is 9.59 Å². The Morgan fingerprint density at radius 3 is 2.52 bits per heavy atom. The molecular weight excluding hydrogens is 364 g/mol. The molecule has 6 nitrogen and oxygen atoms in total. The second-order valence-corrected chi connectivity index (χ2v) is 7.79. The predicted octanol–water partition coefficient (Wildman–Crippen LogP) is 2.94. The second kappa shape index (κ2) is 8.07. The number of hydrogen-bond donors (Lipinski definition) is 2. The Morgan fingerprint density at radius 1 is 1.14 bits per heavy atom. The number of fused-ring (bicyclic) bond motifs is 1. The first-order valence-corrected chi connectivity index (χ1v) is 10.1. The van der Waals surface area contributed by atoms with Gasteiger partial charge in [-0.2, -0.15) is 0 Å². The summed E-state index contributed by atoms with van der Waals surface area (Å²) in [6.07, 6.45) is 1.18. The molecular formula is C23H26N4O2. The first-order chi connectivity index (χ1) is 14.0. The smallest absolute Gasteiger partial charge is 0.223 e. The van der Waals surface area contributed by atoms with Crippen LogP contribution in [0.25, 0.3) is 11.0 Å². The van der Waals surface area contributed by atoms with Crippen LogP contribution in [0, 0.1) is 11.8 Å². The van der Waals surface area contributed by atoms with Gasteiger partial charge in [-0.3, -0.25) is 9.59 Å². The molecule has 4 rings (SSSR count). The lowest BCUT2D eigenvalue weighted by molar-refractivity contribution is -0.123. The zero-order valence-electron chi connectivity index (χ0n) is 16.8. The molecule has 150 valence electrons. The molecule has 6 heteroatoms. The van der Waals surface area contributed by atoms with Gasteiger partial charge in [0.25, 0.3) is 0 Å². The zero-order valence-corrected chi connectivity index (χ0v) is 16.8. The molecule has 1 saturated carbocycles. The lowest BCUT2D eigenvalue weighted by atomic mass is 10.1. The molecule has 29 heavy (non-hydrogen) atoms. The van der Waals surface area contributed by atoms with Crippen LogP contribution in [0.1, 0.15) is 37.2 Å². The predicted molar refractivity (Wildman–Crippen MR) is 112 cm³/mol. The highest BCUT2D eigenvalue weighted by Gasteiger charge is 2.38. The van der Waals surface area contributed by atoms with Gasteiger partial charge in [-0.15, -0.1) is 0 Å². The largest absolute Gasteiger partial charge is 0.355 e. The molecule has 0 radical (unpaired) electrons. The molecule has 1 aromatic heterocycles. The summed E-state index contributed by atoms with van der Waals surface area (Å²) in [6, 6.07) is 17.4. The van der Waals surface area contributed by atoms with Crippen molar-refractivity contribution in [2.24, 2.45) is 18.9 Å². The fourth-order valence-corrected chi connectivity index (χ4v) is 3.72. The van der Waals surface area contributed by atoms with Crippen molar-refractivity contribution >= 4 is 22.8 Å². The number of para-hydroxylation sites is 2. The highest BCUT2D eigenvalue weighted by Crippen LogP contribution is 2.37. The number of carbonyl (C=O) groups is 2. The van der Waals surface area contributed by atoms with E-state index in [0.717, 1.165) is 28.8 Å². The van der Waals surface area contributed by atoms with E-state index in [1.165, 1.54) is 0 Å². The molecule has 0 spiro atoms. The van der Waals surface area contributed by atoms with Gasteiger partial charge in [-0.05, 0) is 30.0 Å².